The van der Waals surface area contributed by atoms with Crippen molar-refractivity contribution in [3.05, 3.63) is 17.7 Å². The Bertz CT molecular complexity index is 780. The van der Waals surface area contributed by atoms with Crippen molar-refractivity contribution in [2.75, 3.05) is 19.6 Å². The maximum absolute atomic E-state index is 13.1. The van der Waals surface area contributed by atoms with Crippen LogP contribution >= 0.6 is 24.8 Å². The number of fused-ring (bicyclic) bond motifs is 1. The number of amides is 2. The summed E-state index contributed by atoms with van der Waals surface area (Å²) in [4.78, 5) is 44.9. The first-order chi connectivity index (χ1) is 12.4. The van der Waals surface area contributed by atoms with E-state index in [2.05, 4.69) is 10.3 Å². The van der Waals surface area contributed by atoms with Crippen LogP contribution in [0, 0.1) is 0 Å². The van der Waals surface area contributed by atoms with Crippen LogP contribution in [0.25, 0.3) is 0 Å². The Balaban J connectivity index is 0.00000140. The fourth-order valence-corrected chi connectivity index (χ4v) is 4.28. The van der Waals surface area contributed by atoms with E-state index in [-0.39, 0.29) is 48.6 Å². The normalized spacial score (nSPS) is 21.8. The molecule has 2 saturated heterocycles. The maximum Gasteiger partial charge on any atom is 0.337 e. The molecule has 1 aromatic heterocycles. The van der Waals surface area contributed by atoms with Crippen molar-refractivity contribution >= 4 is 42.7 Å². The molecule has 1 unspecified atom stereocenters. The lowest BCUT2D eigenvalue weighted by atomic mass is 9.99. The molecule has 28 heavy (non-hydrogen) atoms. The van der Waals surface area contributed by atoms with Crippen LogP contribution < -0.4 is 5.32 Å². The first kappa shape index (κ1) is 22.4. The van der Waals surface area contributed by atoms with Gasteiger partial charge in [0.25, 0.3) is 0 Å². The summed E-state index contributed by atoms with van der Waals surface area (Å²) < 4.78 is 1.40. The van der Waals surface area contributed by atoms with E-state index in [4.69, 9.17) is 0 Å². The van der Waals surface area contributed by atoms with Crippen LogP contribution in [-0.4, -0.2) is 68.0 Å². The number of aliphatic carboxylic acids is 1. The Morgan fingerprint density at radius 1 is 1.29 bits per heavy atom. The Kier molecular flexibility index (Phi) is 6.62. The molecule has 0 bridgehead atoms. The molecule has 0 spiro atoms. The van der Waals surface area contributed by atoms with Gasteiger partial charge in [0.05, 0.1) is 18.4 Å². The van der Waals surface area contributed by atoms with Crippen LogP contribution in [0.3, 0.4) is 0 Å². The standard InChI is InChI=1S/C17H23N5O4.2ClH/c1-17(15(24)25,21-8-2-3-13(21)23)14-19-9-12-10-20(16(26)22(12)14)11-4-6-18-7-5-11;;/h9,11,18H,2-8,10H2,1H3,(H,24,25);2*1H. The molecule has 9 nitrogen and oxygen atoms in total. The van der Waals surface area contributed by atoms with Crippen molar-refractivity contribution in [1.29, 1.82) is 0 Å². The van der Waals surface area contributed by atoms with Gasteiger partial charge in [-0.05, 0) is 39.3 Å². The zero-order valence-electron chi connectivity index (χ0n) is 15.6. The third-order valence-electron chi connectivity index (χ3n) is 5.82. The van der Waals surface area contributed by atoms with E-state index >= 15 is 0 Å². The lowest BCUT2D eigenvalue weighted by Crippen LogP contribution is -2.53. The average molecular weight is 434 g/mol. The number of halogens is 2. The molecular weight excluding hydrogens is 409 g/mol. The molecule has 2 amide bonds. The molecule has 1 atom stereocenters. The maximum atomic E-state index is 13.1. The molecular formula is C17H25Cl2N5O4. The van der Waals surface area contributed by atoms with Gasteiger partial charge < -0.3 is 20.2 Å². The number of carbonyl (C=O) groups excluding carboxylic acids is 2. The van der Waals surface area contributed by atoms with Crippen molar-refractivity contribution in [3.63, 3.8) is 0 Å². The van der Waals surface area contributed by atoms with Gasteiger partial charge in [-0.3, -0.25) is 4.79 Å². The van der Waals surface area contributed by atoms with E-state index in [9.17, 15) is 19.5 Å². The molecule has 0 saturated carbocycles. The molecule has 4 rings (SSSR count). The van der Waals surface area contributed by atoms with Gasteiger partial charge in [0.15, 0.2) is 11.4 Å². The lowest BCUT2D eigenvalue weighted by molar-refractivity contribution is -0.157. The topological polar surface area (TPSA) is 108 Å². The number of rotatable bonds is 4. The molecule has 1 aromatic rings. The third-order valence-corrected chi connectivity index (χ3v) is 5.82. The number of nitrogens with zero attached hydrogens (tertiary/aromatic N) is 4. The molecule has 3 aliphatic heterocycles. The largest absolute Gasteiger partial charge is 0.479 e. The van der Waals surface area contributed by atoms with Crippen LogP contribution in [0.5, 0.6) is 0 Å². The molecule has 0 aliphatic carbocycles. The van der Waals surface area contributed by atoms with E-state index in [1.807, 2.05) is 0 Å². The number of carbonyl (C=O) groups is 3. The van der Waals surface area contributed by atoms with E-state index in [1.165, 1.54) is 16.4 Å². The van der Waals surface area contributed by atoms with Gasteiger partial charge in [0, 0.05) is 19.0 Å². The van der Waals surface area contributed by atoms with E-state index in [0.29, 0.717) is 31.6 Å². The number of nitrogens with one attached hydrogen (secondary N) is 1. The number of piperidine rings is 1. The second kappa shape index (κ2) is 8.26. The molecule has 3 aliphatic rings. The number of hydrogen-bond donors (Lipinski definition) is 2. The Morgan fingerprint density at radius 3 is 2.54 bits per heavy atom. The smallest absolute Gasteiger partial charge is 0.337 e. The fraction of sp³-hybridized carbons (Fsp3) is 0.647. The van der Waals surface area contributed by atoms with Crippen LogP contribution in [0.4, 0.5) is 4.79 Å². The summed E-state index contributed by atoms with van der Waals surface area (Å²) in [6, 6.07) is -0.0977. The third kappa shape index (κ3) is 3.25. The number of likely N-dealkylation sites (tertiary alicyclic amines) is 1. The van der Waals surface area contributed by atoms with Crippen molar-refractivity contribution in [2.24, 2.45) is 0 Å². The number of carboxylic acid groups (broad SMARTS) is 1. The number of aromatic nitrogens is 2. The van der Waals surface area contributed by atoms with E-state index < -0.39 is 11.5 Å². The first-order valence-corrected chi connectivity index (χ1v) is 9.07. The molecule has 156 valence electrons. The van der Waals surface area contributed by atoms with Crippen molar-refractivity contribution < 1.29 is 19.5 Å². The highest BCUT2D eigenvalue weighted by atomic mass is 35.5. The lowest BCUT2D eigenvalue weighted by Gasteiger charge is -2.35. The van der Waals surface area contributed by atoms with E-state index in [1.54, 1.807) is 11.1 Å². The highest BCUT2D eigenvalue weighted by Crippen LogP contribution is 2.35. The monoisotopic (exact) mass is 433 g/mol. The van der Waals surface area contributed by atoms with Gasteiger partial charge in [0.2, 0.25) is 5.91 Å². The van der Waals surface area contributed by atoms with Gasteiger partial charge >= 0.3 is 12.0 Å². The van der Waals surface area contributed by atoms with Gasteiger partial charge in [-0.15, -0.1) is 24.8 Å². The minimum atomic E-state index is -1.65. The summed E-state index contributed by atoms with van der Waals surface area (Å²) in [6.07, 6.45) is 4.26. The molecule has 2 N–H and O–H groups in total. The molecule has 0 radical (unpaired) electrons. The number of hydrogen-bond acceptors (Lipinski definition) is 5. The summed E-state index contributed by atoms with van der Waals surface area (Å²) in [6.45, 7) is 3.98. The SMILES string of the molecule is CC(C(=O)O)(c1ncc2n1C(=O)N(C1CCNCC1)C2)N1CCCC1=O.Cl.Cl. The van der Waals surface area contributed by atoms with Crippen LogP contribution in [0.2, 0.25) is 0 Å². The zero-order chi connectivity index (χ0) is 18.5. The van der Waals surface area contributed by atoms with Crippen LogP contribution in [-0.2, 0) is 21.7 Å². The Labute approximate surface area is 175 Å². The van der Waals surface area contributed by atoms with Gasteiger partial charge in [0.1, 0.15) is 0 Å². The van der Waals surface area contributed by atoms with E-state index in [0.717, 1.165) is 25.9 Å². The van der Waals surface area contributed by atoms with Gasteiger partial charge in [-0.1, -0.05) is 0 Å². The van der Waals surface area contributed by atoms with Crippen LogP contribution in [0.1, 0.15) is 44.1 Å². The molecule has 4 heterocycles. The predicted octanol–water partition coefficient (Wildman–Crippen LogP) is 1.18. The predicted molar refractivity (Wildman–Crippen MR) is 105 cm³/mol. The minimum absolute atomic E-state index is 0. The second-order valence-corrected chi connectivity index (χ2v) is 7.33. The zero-order valence-corrected chi connectivity index (χ0v) is 17.2. The molecule has 11 heteroatoms. The average Bonchev–Trinajstić information content (AvgIpc) is 3.32. The van der Waals surface area contributed by atoms with Gasteiger partial charge in [-0.25, -0.2) is 19.1 Å². The van der Waals surface area contributed by atoms with Crippen molar-refractivity contribution in [1.82, 2.24) is 24.7 Å². The highest BCUT2D eigenvalue weighted by Gasteiger charge is 2.51. The Hall–Kier alpha value is -1.84. The highest BCUT2D eigenvalue weighted by molar-refractivity contribution is 5.90. The molecule has 0 aromatic carbocycles. The summed E-state index contributed by atoms with van der Waals surface area (Å²) in [5, 5.41) is 13.2. The summed E-state index contributed by atoms with van der Waals surface area (Å²) in [5.41, 5.74) is -0.964. The quantitative estimate of drug-likeness (QED) is 0.737. The summed E-state index contributed by atoms with van der Waals surface area (Å²) >= 11 is 0. The number of imidazole rings is 1. The fourth-order valence-electron chi connectivity index (χ4n) is 4.28. The summed E-state index contributed by atoms with van der Waals surface area (Å²) in [5.74, 6) is -1.26. The van der Waals surface area contributed by atoms with Crippen molar-refractivity contribution in [2.45, 2.75) is 50.7 Å². The minimum Gasteiger partial charge on any atom is -0.479 e. The first-order valence-electron chi connectivity index (χ1n) is 9.07. The second-order valence-electron chi connectivity index (χ2n) is 7.33. The number of carboxylic acids is 1. The van der Waals surface area contributed by atoms with Crippen LogP contribution in [0.15, 0.2) is 6.20 Å². The van der Waals surface area contributed by atoms with Crippen molar-refractivity contribution in [3.8, 4) is 0 Å². The molecule has 2 fully saturated rings. The van der Waals surface area contributed by atoms with Gasteiger partial charge in [-0.2, -0.15) is 0 Å². The summed E-state index contributed by atoms with van der Waals surface area (Å²) in [7, 11) is 0. The Morgan fingerprint density at radius 2 is 1.96 bits per heavy atom.